The summed E-state index contributed by atoms with van der Waals surface area (Å²) in [5.74, 6) is -3.16. The molecule has 0 saturated heterocycles. The van der Waals surface area contributed by atoms with Crippen molar-refractivity contribution in [1.82, 2.24) is 4.72 Å². The molecular formula is C11H11NO6S-2. The Balaban J connectivity index is 2.84. The summed E-state index contributed by atoms with van der Waals surface area (Å²) in [6, 6.07) is 5.50. The maximum atomic E-state index is 11.8. The van der Waals surface area contributed by atoms with Gasteiger partial charge in [0.15, 0.2) is 0 Å². The van der Waals surface area contributed by atoms with Crippen LogP contribution in [0.4, 0.5) is 0 Å². The van der Waals surface area contributed by atoms with Crippen molar-refractivity contribution in [2.45, 2.75) is 23.8 Å². The molecule has 0 amide bonds. The molecule has 0 fully saturated rings. The summed E-state index contributed by atoms with van der Waals surface area (Å²) in [5.41, 5.74) is 0. The lowest BCUT2D eigenvalue weighted by molar-refractivity contribution is -0.309. The number of carboxylic acid groups (broad SMARTS) is 2. The molecular weight excluding hydrogens is 274 g/mol. The molecule has 0 saturated carbocycles. The second-order valence-corrected chi connectivity index (χ2v) is 5.43. The monoisotopic (exact) mass is 285 g/mol. The average Bonchev–Trinajstić information content (AvgIpc) is 2.35. The fourth-order valence-electron chi connectivity index (χ4n) is 1.34. The number of hydrogen-bond acceptors (Lipinski definition) is 6. The summed E-state index contributed by atoms with van der Waals surface area (Å²) in [6.07, 6.45) is -1.04. The first-order chi connectivity index (χ1) is 8.83. The van der Waals surface area contributed by atoms with E-state index in [2.05, 4.69) is 0 Å². The molecule has 0 spiro atoms. The molecule has 0 radical (unpaired) electrons. The van der Waals surface area contributed by atoms with Crippen LogP contribution in [0, 0.1) is 0 Å². The fourth-order valence-corrected chi connectivity index (χ4v) is 2.58. The first kappa shape index (κ1) is 15.1. The SMILES string of the molecule is O=C([O-])CC[C@@H](NS(=O)(=O)c1ccccc1)C(=O)[O-]. The summed E-state index contributed by atoms with van der Waals surface area (Å²) in [4.78, 5) is 20.9. The minimum atomic E-state index is -4.04. The van der Waals surface area contributed by atoms with Crippen LogP contribution in [0.5, 0.6) is 0 Å². The molecule has 8 heteroatoms. The highest BCUT2D eigenvalue weighted by Crippen LogP contribution is 2.09. The quantitative estimate of drug-likeness (QED) is 0.595. The van der Waals surface area contributed by atoms with Crippen LogP contribution in [0.3, 0.4) is 0 Å². The van der Waals surface area contributed by atoms with Crippen molar-refractivity contribution in [1.29, 1.82) is 0 Å². The second-order valence-electron chi connectivity index (χ2n) is 3.72. The number of nitrogens with one attached hydrogen (secondary N) is 1. The van der Waals surface area contributed by atoms with Crippen molar-refractivity contribution < 1.29 is 28.2 Å². The van der Waals surface area contributed by atoms with Gasteiger partial charge in [-0.3, -0.25) is 0 Å². The molecule has 0 aliphatic heterocycles. The van der Waals surface area contributed by atoms with Gasteiger partial charge in [-0.15, -0.1) is 0 Å². The van der Waals surface area contributed by atoms with E-state index in [-0.39, 0.29) is 4.90 Å². The number of rotatable bonds is 7. The van der Waals surface area contributed by atoms with Gasteiger partial charge in [0.1, 0.15) is 0 Å². The van der Waals surface area contributed by atoms with Gasteiger partial charge < -0.3 is 19.8 Å². The van der Waals surface area contributed by atoms with Gasteiger partial charge in [-0.25, -0.2) is 13.1 Å². The fraction of sp³-hybridized carbons (Fsp3) is 0.273. The third-order valence-corrected chi connectivity index (χ3v) is 3.76. The Morgan fingerprint density at radius 1 is 1.16 bits per heavy atom. The number of aliphatic carboxylic acids is 2. The molecule has 0 heterocycles. The number of carbonyl (C=O) groups is 2. The normalized spacial score (nSPS) is 12.8. The highest BCUT2D eigenvalue weighted by Gasteiger charge is 2.20. The number of benzene rings is 1. The number of sulfonamides is 1. The van der Waals surface area contributed by atoms with Crippen molar-refractivity contribution in [3.63, 3.8) is 0 Å². The van der Waals surface area contributed by atoms with Crippen LogP contribution in [-0.4, -0.2) is 26.4 Å². The lowest BCUT2D eigenvalue weighted by atomic mass is 10.2. The van der Waals surface area contributed by atoms with Crippen LogP contribution in [0.1, 0.15) is 12.8 Å². The van der Waals surface area contributed by atoms with E-state index in [0.717, 1.165) is 0 Å². The molecule has 7 nitrogen and oxygen atoms in total. The summed E-state index contributed by atoms with van der Waals surface area (Å²) in [5, 5.41) is 21.0. The van der Waals surface area contributed by atoms with Gasteiger partial charge in [0.05, 0.1) is 16.9 Å². The molecule has 1 aromatic rings. The van der Waals surface area contributed by atoms with Crippen molar-refractivity contribution in [3.05, 3.63) is 30.3 Å². The Kier molecular flexibility index (Phi) is 5.02. The van der Waals surface area contributed by atoms with Crippen LogP contribution in [0.2, 0.25) is 0 Å². The molecule has 1 aromatic carbocycles. The van der Waals surface area contributed by atoms with Crippen molar-refractivity contribution in [2.75, 3.05) is 0 Å². The van der Waals surface area contributed by atoms with E-state index in [9.17, 15) is 28.2 Å². The summed E-state index contributed by atoms with van der Waals surface area (Å²) >= 11 is 0. The Labute approximate surface area is 109 Å². The van der Waals surface area contributed by atoms with Gasteiger partial charge >= 0.3 is 0 Å². The topological polar surface area (TPSA) is 126 Å². The van der Waals surface area contributed by atoms with Crippen LogP contribution >= 0.6 is 0 Å². The van der Waals surface area contributed by atoms with Crippen molar-refractivity contribution in [2.24, 2.45) is 0 Å². The summed E-state index contributed by atoms with van der Waals surface area (Å²) in [6.45, 7) is 0. The van der Waals surface area contributed by atoms with Gasteiger partial charge in [0, 0.05) is 5.97 Å². The standard InChI is InChI=1S/C11H13NO6S/c13-10(14)7-6-9(11(15)16)12-19(17,18)8-4-2-1-3-5-8/h1-5,9,12H,6-7H2,(H,13,14)(H,15,16)/p-2/t9-/m1/s1. The van der Waals surface area contributed by atoms with Crippen LogP contribution in [-0.2, 0) is 19.6 Å². The molecule has 104 valence electrons. The van der Waals surface area contributed by atoms with Gasteiger partial charge in [-0.1, -0.05) is 18.2 Å². The Morgan fingerprint density at radius 2 is 1.74 bits per heavy atom. The molecule has 0 unspecified atom stereocenters. The molecule has 1 N–H and O–H groups in total. The van der Waals surface area contributed by atoms with E-state index in [1.165, 1.54) is 24.3 Å². The van der Waals surface area contributed by atoms with Crippen molar-refractivity contribution >= 4 is 22.0 Å². The van der Waals surface area contributed by atoms with E-state index in [1.54, 1.807) is 6.07 Å². The predicted molar refractivity (Wildman–Crippen MR) is 59.8 cm³/mol. The summed E-state index contributed by atoms with van der Waals surface area (Å²) < 4.78 is 25.5. The molecule has 1 atom stereocenters. The minimum Gasteiger partial charge on any atom is -0.550 e. The highest BCUT2D eigenvalue weighted by atomic mass is 32.2. The first-order valence-electron chi connectivity index (χ1n) is 5.31. The van der Waals surface area contributed by atoms with Crippen LogP contribution in [0.15, 0.2) is 35.2 Å². The zero-order valence-corrected chi connectivity index (χ0v) is 10.6. The zero-order valence-electron chi connectivity index (χ0n) is 9.74. The molecule has 0 aliphatic rings. The average molecular weight is 285 g/mol. The highest BCUT2D eigenvalue weighted by molar-refractivity contribution is 7.89. The lowest BCUT2D eigenvalue weighted by Gasteiger charge is -2.19. The minimum absolute atomic E-state index is 0.116. The smallest absolute Gasteiger partial charge is 0.241 e. The second kappa shape index (κ2) is 6.30. The first-order valence-corrected chi connectivity index (χ1v) is 6.79. The van der Waals surface area contributed by atoms with Gasteiger partial charge in [0.25, 0.3) is 0 Å². The van der Waals surface area contributed by atoms with Crippen LogP contribution in [0.25, 0.3) is 0 Å². The van der Waals surface area contributed by atoms with E-state index >= 15 is 0 Å². The van der Waals surface area contributed by atoms with E-state index < -0.39 is 40.8 Å². The Bertz CT molecular complexity index is 554. The maximum Gasteiger partial charge on any atom is 0.241 e. The molecule has 1 rings (SSSR count). The third kappa shape index (κ3) is 4.68. The maximum absolute atomic E-state index is 11.8. The summed E-state index contributed by atoms with van der Waals surface area (Å²) in [7, 11) is -4.04. The van der Waals surface area contributed by atoms with Crippen molar-refractivity contribution in [3.8, 4) is 0 Å². The largest absolute Gasteiger partial charge is 0.550 e. The molecule has 0 bridgehead atoms. The predicted octanol–water partition coefficient (Wildman–Crippen LogP) is -2.39. The number of carboxylic acids is 2. The third-order valence-electron chi connectivity index (χ3n) is 2.27. The molecule has 0 aromatic heterocycles. The van der Waals surface area contributed by atoms with Gasteiger partial charge in [-0.05, 0) is 25.0 Å². The number of carbonyl (C=O) groups excluding carboxylic acids is 2. The van der Waals surface area contributed by atoms with Crippen LogP contribution < -0.4 is 14.9 Å². The van der Waals surface area contributed by atoms with Gasteiger partial charge in [-0.2, -0.15) is 0 Å². The molecule has 19 heavy (non-hydrogen) atoms. The lowest BCUT2D eigenvalue weighted by Crippen LogP contribution is -2.48. The molecule has 0 aliphatic carbocycles. The Hall–Kier alpha value is -1.93. The van der Waals surface area contributed by atoms with E-state index in [4.69, 9.17) is 0 Å². The number of hydrogen-bond donors (Lipinski definition) is 1. The van der Waals surface area contributed by atoms with E-state index in [0.29, 0.717) is 0 Å². The van der Waals surface area contributed by atoms with Gasteiger partial charge in [0.2, 0.25) is 10.0 Å². The zero-order chi connectivity index (χ0) is 14.5. The Morgan fingerprint density at radius 3 is 2.21 bits per heavy atom. The van der Waals surface area contributed by atoms with E-state index in [1.807, 2.05) is 4.72 Å².